The van der Waals surface area contributed by atoms with Crippen LogP contribution in [0.25, 0.3) is 0 Å². The highest BCUT2D eigenvalue weighted by atomic mass is 16.5. The Hall–Kier alpha value is -1.55. The van der Waals surface area contributed by atoms with E-state index < -0.39 is 0 Å². The van der Waals surface area contributed by atoms with Gasteiger partial charge in [-0.05, 0) is 62.3 Å². The monoisotopic (exact) mass is 288 g/mol. The third-order valence-corrected chi connectivity index (χ3v) is 4.49. The highest BCUT2D eigenvalue weighted by Gasteiger charge is 2.31. The molecule has 1 aromatic carbocycles. The van der Waals surface area contributed by atoms with E-state index in [0.717, 1.165) is 44.4 Å². The lowest BCUT2D eigenvalue weighted by molar-refractivity contribution is -0.133. The second kappa shape index (κ2) is 6.06. The van der Waals surface area contributed by atoms with Crippen LogP contribution in [0.3, 0.4) is 0 Å². The van der Waals surface area contributed by atoms with E-state index in [2.05, 4.69) is 6.07 Å². The van der Waals surface area contributed by atoms with E-state index in [1.54, 1.807) is 0 Å². The summed E-state index contributed by atoms with van der Waals surface area (Å²) in [6.07, 6.45) is 5.54. The summed E-state index contributed by atoms with van der Waals surface area (Å²) in [7, 11) is 0. The first-order valence-corrected chi connectivity index (χ1v) is 7.99. The normalized spacial score (nSPS) is 20.8. The highest BCUT2D eigenvalue weighted by Crippen LogP contribution is 2.31. The molecular weight excluding hydrogens is 264 g/mol. The van der Waals surface area contributed by atoms with Gasteiger partial charge in [-0.2, -0.15) is 0 Å². The number of aryl methyl sites for hydroxylation is 1. The topological polar surface area (TPSA) is 55.6 Å². The molecule has 1 atom stereocenters. The average Bonchev–Trinajstić information content (AvgIpc) is 3.31. The molecule has 0 aliphatic heterocycles. The van der Waals surface area contributed by atoms with Gasteiger partial charge in [0.05, 0.1) is 0 Å². The lowest BCUT2D eigenvalue weighted by Gasteiger charge is -2.23. The number of ether oxygens (including phenoxy) is 1. The number of rotatable bonds is 5. The molecule has 1 fully saturated rings. The van der Waals surface area contributed by atoms with Crippen LogP contribution < -0.4 is 10.5 Å². The van der Waals surface area contributed by atoms with E-state index in [4.69, 9.17) is 10.5 Å². The SMILES string of the molecule is CCN(C(=O)COc1ccc2c(c1)C(N)CCC2)C1CC1. The summed E-state index contributed by atoms with van der Waals surface area (Å²) < 4.78 is 5.70. The molecule has 0 aromatic heterocycles. The van der Waals surface area contributed by atoms with Crippen LogP contribution in [0.1, 0.15) is 49.8 Å². The van der Waals surface area contributed by atoms with Crippen molar-refractivity contribution >= 4 is 5.91 Å². The minimum Gasteiger partial charge on any atom is -0.484 e. The van der Waals surface area contributed by atoms with Gasteiger partial charge in [0.1, 0.15) is 5.75 Å². The third-order valence-electron chi connectivity index (χ3n) is 4.49. The van der Waals surface area contributed by atoms with E-state index in [-0.39, 0.29) is 18.6 Å². The third kappa shape index (κ3) is 3.21. The molecule has 2 N–H and O–H groups in total. The Bertz CT molecular complexity index is 526. The van der Waals surface area contributed by atoms with Gasteiger partial charge in [0.15, 0.2) is 6.61 Å². The zero-order chi connectivity index (χ0) is 14.8. The number of hydrogen-bond donors (Lipinski definition) is 1. The van der Waals surface area contributed by atoms with Crippen molar-refractivity contribution in [3.63, 3.8) is 0 Å². The van der Waals surface area contributed by atoms with E-state index in [0.29, 0.717) is 6.04 Å². The van der Waals surface area contributed by atoms with Gasteiger partial charge in [-0.1, -0.05) is 6.07 Å². The first-order valence-electron chi connectivity index (χ1n) is 7.99. The summed E-state index contributed by atoms with van der Waals surface area (Å²) in [5.74, 6) is 0.841. The van der Waals surface area contributed by atoms with Gasteiger partial charge in [-0.3, -0.25) is 4.79 Å². The highest BCUT2D eigenvalue weighted by molar-refractivity contribution is 5.78. The maximum Gasteiger partial charge on any atom is 0.260 e. The van der Waals surface area contributed by atoms with Crippen LogP contribution in [-0.2, 0) is 11.2 Å². The second-order valence-electron chi connectivity index (χ2n) is 6.06. The maximum absolute atomic E-state index is 12.2. The molecule has 0 spiro atoms. The summed E-state index contributed by atoms with van der Waals surface area (Å²) in [5, 5.41) is 0. The van der Waals surface area contributed by atoms with Gasteiger partial charge in [0, 0.05) is 18.6 Å². The summed E-state index contributed by atoms with van der Waals surface area (Å²) in [5.41, 5.74) is 8.66. The molecule has 0 saturated heterocycles. The molecule has 4 heteroatoms. The van der Waals surface area contributed by atoms with E-state index in [1.807, 2.05) is 24.0 Å². The van der Waals surface area contributed by atoms with Crippen LogP contribution in [0.15, 0.2) is 18.2 Å². The molecule has 0 radical (unpaired) electrons. The summed E-state index contributed by atoms with van der Waals surface area (Å²) in [6.45, 7) is 2.91. The number of fused-ring (bicyclic) bond motifs is 1. The Morgan fingerprint density at radius 2 is 2.19 bits per heavy atom. The molecule has 0 heterocycles. The molecule has 1 aromatic rings. The Morgan fingerprint density at radius 3 is 2.90 bits per heavy atom. The van der Waals surface area contributed by atoms with Crippen LogP contribution in [0, 0.1) is 0 Å². The summed E-state index contributed by atoms with van der Waals surface area (Å²) >= 11 is 0. The molecule has 3 rings (SSSR count). The number of nitrogens with two attached hydrogens (primary N) is 1. The predicted molar refractivity (Wildman–Crippen MR) is 82.2 cm³/mol. The Labute approximate surface area is 126 Å². The van der Waals surface area contributed by atoms with Crippen molar-refractivity contribution in [2.75, 3.05) is 13.2 Å². The van der Waals surface area contributed by atoms with Crippen LogP contribution in [-0.4, -0.2) is 30.0 Å². The smallest absolute Gasteiger partial charge is 0.260 e. The maximum atomic E-state index is 12.2. The molecule has 2 aliphatic carbocycles. The van der Waals surface area contributed by atoms with Gasteiger partial charge in [0.25, 0.3) is 5.91 Å². The van der Waals surface area contributed by atoms with Crippen molar-refractivity contribution in [3.8, 4) is 5.75 Å². The van der Waals surface area contributed by atoms with E-state index >= 15 is 0 Å². The fourth-order valence-electron chi connectivity index (χ4n) is 3.16. The molecule has 1 unspecified atom stereocenters. The van der Waals surface area contributed by atoms with Crippen molar-refractivity contribution in [3.05, 3.63) is 29.3 Å². The average molecular weight is 288 g/mol. The molecule has 2 aliphatic rings. The van der Waals surface area contributed by atoms with Crippen LogP contribution in [0.4, 0.5) is 0 Å². The Balaban J connectivity index is 1.62. The van der Waals surface area contributed by atoms with Crippen LogP contribution in [0.5, 0.6) is 5.75 Å². The Kier molecular flexibility index (Phi) is 4.15. The largest absolute Gasteiger partial charge is 0.484 e. The molecule has 0 bridgehead atoms. The number of hydrogen-bond acceptors (Lipinski definition) is 3. The number of amides is 1. The van der Waals surface area contributed by atoms with Gasteiger partial charge in [-0.15, -0.1) is 0 Å². The quantitative estimate of drug-likeness (QED) is 0.905. The number of nitrogens with zero attached hydrogens (tertiary/aromatic N) is 1. The predicted octanol–water partition coefficient (Wildman–Crippen LogP) is 2.41. The molecule has 1 saturated carbocycles. The number of benzene rings is 1. The van der Waals surface area contributed by atoms with Gasteiger partial charge >= 0.3 is 0 Å². The van der Waals surface area contributed by atoms with E-state index in [1.165, 1.54) is 11.1 Å². The van der Waals surface area contributed by atoms with Gasteiger partial charge in [0.2, 0.25) is 0 Å². The van der Waals surface area contributed by atoms with Crippen molar-refractivity contribution in [2.45, 2.75) is 51.1 Å². The van der Waals surface area contributed by atoms with Crippen molar-refractivity contribution < 1.29 is 9.53 Å². The lowest BCUT2D eigenvalue weighted by atomic mass is 9.88. The minimum absolute atomic E-state index is 0.0852. The van der Waals surface area contributed by atoms with Crippen molar-refractivity contribution in [1.82, 2.24) is 4.90 Å². The first-order chi connectivity index (χ1) is 10.2. The molecule has 1 amide bonds. The summed E-state index contributed by atoms with van der Waals surface area (Å²) in [6, 6.07) is 6.61. The molecule has 114 valence electrons. The number of carbonyl (C=O) groups excluding carboxylic acids is 1. The molecule has 21 heavy (non-hydrogen) atoms. The van der Waals surface area contributed by atoms with Crippen LogP contribution >= 0.6 is 0 Å². The number of carbonyl (C=O) groups is 1. The molecule has 4 nitrogen and oxygen atoms in total. The van der Waals surface area contributed by atoms with Crippen LogP contribution in [0.2, 0.25) is 0 Å². The zero-order valence-electron chi connectivity index (χ0n) is 12.7. The first kappa shape index (κ1) is 14.4. The fourth-order valence-corrected chi connectivity index (χ4v) is 3.16. The standard InChI is InChI=1S/C17H24N2O2/c1-2-19(13-7-8-13)17(20)11-21-14-9-6-12-4-3-5-16(18)15(12)10-14/h6,9-10,13,16H,2-5,7-8,11,18H2,1H3. The Morgan fingerprint density at radius 1 is 1.38 bits per heavy atom. The fraction of sp³-hybridized carbons (Fsp3) is 0.588. The zero-order valence-corrected chi connectivity index (χ0v) is 12.7. The van der Waals surface area contributed by atoms with Crippen molar-refractivity contribution in [1.29, 1.82) is 0 Å². The van der Waals surface area contributed by atoms with Gasteiger partial charge < -0.3 is 15.4 Å². The van der Waals surface area contributed by atoms with Crippen molar-refractivity contribution in [2.24, 2.45) is 5.73 Å². The molecular formula is C17H24N2O2. The number of likely N-dealkylation sites (N-methyl/N-ethyl adjacent to an activating group) is 1. The minimum atomic E-state index is 0.0852. The lowest BCUT2D eigenvalue weighted by Crippen LogP contribution is -2.36. The summed E-state index contributed by atoms with van der Waals surface area (Å²) in [4.78, 5) is 14.1. The second-order valence-corrected chi connectivity index (χ2v) is 6.06. The van der Waals surface area contributed by atoms with Gasteiger partial charge in [-0.25, -0.2) is 0 Å². The van der Waals surface area contributed by atoms with E-state index in [9.17, 15) is 4.79 Å².